The number of carbonyl (C=O) groups is 1. The van der Waals surface area contributed by atoms with Gasteiger partial charge in [0.05, 0.1) is 39.6 Å². The molecular weight excluding hydrogens is 402 g/mol. The van der Waals surface area contributed by atoms with E-state index in [1.807, 2.05) is 20.8 Å². The number of carbonyl (C=O) groups excluding carboxylic acids is 1. The Hall–Kier alpha value is -0.210. The van der Waals surface area contributed by atoms with E-state index in [-0.39, 0.29) is 18.1 Å². The molecule has 1 heterocycles. The van der Waals surface area contributed by atoms with Crippen LogP contribution in [0, 0.1) is 0 Å². The number of ether oxygens (including phenoxy) is 4. The van der Waals surface area contributed by atoms with Crippen LogP contribution in [-0.2, 0) is 23.7 Å². The summed E-state index contributed by atoms with van der Waals surface area (Å²) in [7, 11) is 0. The van der Waals surface area contributed by atoms with Crippen molar-refractivity contribution in [3.8, 4) is 0 Å². The van der Waals surface area contributed by atoms with Crippen molar-refractivity contribution in [2.24, 2.45) is 0 Å². The molecule has 2 atom stereocenters. The molecule has 0 aromatic rings. The molecule has 154 valence electrons. The summed E-state index contributed by atoms with van der Waals surface area (Å²) in [5, 5.41) is 0.842. The van der Waals surface area contributed by atoms with Gasteiger partial charge in [0, 0.05) is 11.4 Å². The highest BCUT2D eigenvalue weighted by atomic mass is 79.9. The molecule has 26 heavy (non-hydrogen) atoms. The number of nitrogens with zero attached hydrogens (tertiary/aromatic N) is 1. The zero-order valence-electron chi connectivity index (χ0n) is 16.8. The Morgan fingerprint density at radius 1 is 1.08 bits per heavy atom. The Morgan fingerprint density at radius 3 is 2.31 bits per heavy atom. The minimum Gasteiger partial charge on any atom is -0.459 e. The molecule has 0 bridgehead atoms. The molecule has 7 heteroatoms. The average molecular weight is 438 g/mol. The summed E-state index contributed by atoms with van der Waals surface area (Å²) in [5.74, 6) is -0.115. The van der Waals surface area contributed by atoms with Crippen LogP contribution in [0.15, 0.2) is 0 Å². The first-order chi connectivity index (χ1) is 12.3. The largest absolute Gasteiger partial charge is 0.459 e. The monoisotopic (exact) mass is 437 g/mol. The molecule has 0 aromatic heterocycles. The maximum absolute atomic E-state index is 12.5. The quantitative estimate of drug-likeness (QED) is 0.265. The number of hydrogen-bond acceptors (Lipinski definition) is 6. The normalized spacial score (nSPS) is 20.1. The van der Waals surface area contributed by atoms with Gasteiger partial charge in [-0.3, -0.25) is 9.69 Å². The number of hydrogen-bond donors (Lipinski definition) is 0. The molecule has 0 radical (unpaired) electrons. The molecule has 0 amide bonds. The second kappa shape index (κ2) is 13.0. The number of rotatable bonds is 12. The Morgan fingerprint density at radius 2 is 1.69 bits per heavy atom. The van der Waals surface area contributed by atoms with Gasteiger partial charge in [0.2, 0.25) is 0 Å². The van der Waals surface area contributed by atoms with E-state index in [2.05, 4.69) is 27.8 Å². The predicted molar refractivity (Wildman–Crippen MR) is 106 cm³/mol. The molecule has 1 saturated heterocycles. The first kappa shape index (κ1) is 23.8. The lowest BCUT2D eigenvalue weighted by molar-refractivity contribution is -0.164. The van der Waals surface area contributed by atoms with Gasteiger partial charge in [0.15, 0.2) is 0 Å². The van der Waals surface area contributed by atoms with Crippen LogP contribution < -0.4 is 0 Å². The Bertz CT molecular complexity index is 389. The van der Waals surface area contributed by atoms with Gasteiger partial charge < -0.3 is 18.9 Å². The summed E-state index contributed by atoms with van der Waals surface area (Å²) < 4.78 is 22.1. The summed E-state index contributed by atoms with van der Waals surface area (Å²) in [6.07, 6.45) is 3.04. The van der Waals surface area contributed by atoms with E-state index in [0.29, 0.717) is 39.6 Å². The molecule has 1 rings (SSSR count). The average Bonchev–Trinajstić information content (AvgIpc) is 2.58. The van der Waals surface area contributed by atoms with Crippen LogP contribution >= 0.6 is 15.9 Å². The van der Waals surface area contributed by atoms with E-state index in [0.717, 1.165) is 31.1 Å². The highest BCUT2D eigenvalue weighted by Crippen LogP contribution is 2.23. The maximum Gasteiger partial charge on any atom is 0.323 e. The van der Waals surface area contributed by atoms with Crippen LogP contribution in [0.4, 0.5) is 0 Å². The van der Waals surface area contributed by atoms with Crippen LogP contribution in [0.25, 0.3) is 0 Å². The van der Waals surface area contributed by atoms with Gasteiger partial charge in [-0.15, -0.1) is 0 Å². The van der Waals surface area contributed by atoms with Crippen LogP contribution in [0.1, 0.15) is 47.0 Å². The summed E-state index contributed by atoms with van der Waals surface area (Å²) in [6, 6.07) is 0.0134. The van der Waals surface area contributed by atoms with Crippen molar-refractivity contribution in [3.63, 3.8) is 0 Å². The third-order valence-electron chi connectivity index (χ3n) is 4.11. The van der Waals surface area contributed by atoms with E-state index < -0.39 is 5.60 Å². The van der Waals surface area contributed by atoms with Gasteiger partial charge in [-0.05, 0) is 47.1 Å². The second-order valence-corrected chi connectivity index (χ2v) is 8.41. The molecule has 1 unspecified atom stereocenters. The van der Waals surface area contributed by atoms with Crippen LogP contribution in [0.5, 0.6) is 0 Å². The second-order valence-electron chi connectivity index (χ2n) is 7.62. The highest BCUT2D eigenvalue weighted by Gasteiger charge is 2.34. The maximum atomic E-state index is 12.5. The number of halogens is 1. The minimum atomic E-state index is -0.449. The van der Waals surface area contributed by atoms with Crippen molar-refractivity contribution in [2.45, 2.75) is 64.6 Å². The lowest BCUT2D eigenvalue weighted by Crippen LogP contribution is -2.52. The van der Waals surface area contributed by atoms with Crippen molar-refractivity contribution in [1.29, 1.82) is 0 Å². The number of esters is 1. The van der Waals surface area contributed by atoms with Crippen LogP contribution in [0.2, 0.25) is 0 Å². The van der Waals surface area contributed by atoms with Gasteiger partial charge in [0.25, 0.3) is 0 Å². The minimum absolute atomic E-state index is 0.115. The van der Waals surface area contributed by atoms with Crippen LogP contribution in [-0.4, -0.2) is 80.1 Å². The van der Waals surface area contributed by atoms with Gasteiger partial charge in [-0.25, -0.2) is 0 Å². The Balaban J connectivity index is 2.26. The molecule has 6 nitrogen and oxygen atoms in total. The van der Waals surface area contributed by atoms with E-state index in [1.165, 1.54) is 0 Å². The van der Waals surface area contributed by atoms with Crippen LogP contribution in [0.3, 0.4) is 0 Å². The zero-order valence-corrected chi connectivity index (χ0v) is 18.4. The summed E-state index contributed by atoms with van der Waals surface area (Å²) in [5.41, 5.74) is -0.449. The number of alkyl halides is 1. The number of piperidine rings is 1. The van der Waals surface area contributed by atoms with Crippen molar-refractivity contribution in [1.82, 2.24) is 4.90 Å². The molecule has 1 aliphatic rings. The lowest BCUT2D eigenvalue weighted by atomic mass is 10.00. The van der Waals surface area contributed by atoms with E-state index in [9.17, 15) is 4.79 Å². The Kier molecular flexibility index (Phi) is 12.0. The summed E-state index contributed by atoms with van der Waals surface area (Å²) in [4.78, 5) is 14.7. The third-order valence-corrected chi connectivity index (χ3v) is 4.44. The topological polar surface area (TPSA) is 57.2 Å². The van der Waals surface area contributed by atoms with E-state index in [4.69, 9.17) is 18.9 Å². The molecule has 1 aliphatic heterocycles. The first-order valence-electron chi connectivity index (χ1n) is 9.63. The van der Waals surface area contributed by atoms with Gasteiger partial charge in [-0.1, -0.05) is 22.4 Å². The molecule has 0 N–H and O–H groups in total. The van der Waals surface area contributed by atoms with Crippen molar-refractivity contribution < 1.29 is 23.7 Å². The van der Waals surface area contributed by atoms with E-state index in [1.54, 1.807) is 0 Å². The molecule has 0 spiro atoms. The van der Waals surface area contributed by atoms with Gasteiger partial charge in [0.1, 0.15) is 11.6 Å². The fourth-order valence-electron chi connectivity index (χ4n) is 2.95. The third kappa shape index (κ3) is 10.2. The zero-order chi connectivity index (χ0) is 19.4. The molecule has 0 aliphatic carbocycles. The predicted octanol–water partition coefficient (Wildman–Crippen LogP) is 3.02. The fraction of sp³-hybridized carbons (Fsp3) is 0.947. The van der Waals surface area contributed by atoms with Crippen molar-refractivity contribution in [2.75, 3.05) is 51.5 Å². The van der Waals surface area contributed by atoms with Gasteiger partial charge >= 0.3 is 5.97 Å². The Labute approximate surface area is 167 Å². The molecule has 0 aromatic carbocycles. The molecular formula is C19H36BrNO5. The smallest absolute Gasteiger partial charge is 0.323 e. The SMILES string of the molecule is CC(COCCOCCOCCBr)N1CCCC[C@H]1C(=O)OC(C)(C)C. The van der Waals surface area contributed by atoms with Crippen molar-refractivity contribution in [3.05, 3.63) is 0 Å². The standard InChI is InChI=1S/C19H36BrNO5/c1-16(15-25-14-13-24-12-11-23-10-8-20)21-9-6-5-7-17(21)18(22)26-19(2,3)4/h16-17H,5-15H2,1-4H3/t16?,17-/m0/s1. The van der Waals surface area contributed by atoms with Crippen molar-refractivity contribution >= 4 is 21.9 Å². The summed E-state index contributed by atoms with van der Waals surface area (Å²) in [6.45, 7) is 12.3. The highest BCUT2D eigenvalue weighted by molar-refractivity contribution is 9.09. The first-order valence-corrected chi connectivity index (χ1v) is 10.7. The van der Waals surface area contributed by atoms with E-state index >= 15 is 0 Å². The number of likely N-dealkylation sites (tertiary alicyclic amines) is 1. The fourth-order valence-corrected chi connectivity index (χ4v) is 3.18. The van der Waals surface area contributed by atoms with Gasteiger partial charge in [-0.2, -0.15) is 0 Å². The summed E-state index contributed by atoms with van der Waals surface area (Å²) >= 11 is 3.31. The lowest BCUT2D eigenvalue weighted by Gasteiger charge is -2.39. The molecule has 0 saturated carbocycles. The molecule has 1 fully saturated rings.